The van der Waals surface area contributed by atoms with E-state index >= 15 is 0 Å². The molecule has 0 radical (unpaired) electrons. The van der Waals surface area contributed by atoms with E-state index < -0.39 is 0 Å². The zero-order valence-electron chi connectivity index (χ0n) is 18.4. The van der Waals surface area contributed by atoms with E-state index in [0.29, 0.717) is 11.7 Å². The van der Waals surface area contributed by atoms with Crippen molar-refractivity contribution in [2.75, 3.05) is 24.3 Å². The fourth-order valence-corrected chi connectivity index (χ4v) is 7.25. The van der Waals surface area contributed by atoms with Crippen LogP contribution in [0.1, 0.15) is 44.1 Å². The van der Waals surface area contributed by atoms with Crippen molar-refractivity contribution < 1.29 is 9.53 Å². The molecule has 8 nitrogen and oxygen atoms in total. The van der Waals surface area contributed by atoms with Crippen LogP contribution in [0.2, 0.25) is 0 Å². The van der Waals surface area contributed by atoms with Gasteiger partial charge in [0.2, 0.25) is 17.8 Å². The van der Waals surface area contributed by atoms with E-state index in [0.717, 1.165) is 48.3 Å². The Kier molecular flexibility index (Phi) is 5.61. The van der Waals surface area contributed by atoms with E-state index in [9.17, 15) is 4.79 Å². The normalized spacial score (nSPS) is 28.0. The minimum atomic E-state index is -0.0490. The van der Waals surface area contributed by atoms with E-state index in [1.807, 2.05) is 18.2 Å². The molecule has 0 unspecified atom stereocenters. The van der Waals surface area contributed by atoms with Gasteiger partial charge in [-0.1, -0.05) is 23.9 Å². The molecule has 1 heterocycles. The Balaban J connectivity index is 1.40. The number of nitrogens with two attached hydrogens (primary N) is 2. The Morgan fingerprint density at radius 1 is 1.09 bits per heavy atom. The van der Waals surface area contributed by atoms with Crippen molar-refractivity contribution in [2.45, 2.75) is 55.8 Å². The Morgan fingerprint density at radius 3 is 2.31 bits per heavy atom. The molecule has 9 heteroatoms. The molecule has 4 aliphatic rings. The van der Waals surface area contributed by atoms with Gasteiger partial charge in [0, 0.05) is 12.1 Å². The minimum absolute atomic E-state index is 0.0490. The van der Waals surface area contributed by atoms with Crippen LogP contribution in [0.5, 0.6) is 5.75 Å². The summed E-state index contributed by atoms with van der Waals surface area (Å²) in [7, 11) is 1.67. The van der Waals surface area contributed by atoms with Gasteiger partial charge in [-0.2, -0.15) is 15.0 Å². The molecule has 0 atom stereocenters. The summed E-state index contributed by atoms with van der Waals surface area (Å²) in [5, 5.41) is 0.384. The first-order valence-corrected chi connectivity index (χ1v) is 12.2. The summed E-state index contributed by atoms with van der Waals surface area (Å²) in [5.41, 5.74) is 12.4. The maximum atomic E-state index is 13.7. The van der Waals surface area contributed by atoms with Crippen LogP contribution in [-0.4, -0.2) is 44.2 Å². The highest BCUT2D eigenvalue weighted by Crippen LogP contribution is 2.58. The average molecular weight is 455 g/mol. The van der Waals surface area contributed by atoms with Crippen LogP contribution in [0.15, 0.2) is 29.4 Å². The van der Waals surface area contributed by atoms with E-state index in [4.69, 9.17) is 16.2 Å². The number of nitrogens with zero attached hydrogens (tertiary/aromatic N) is 4. The maximum Gasteiger partial charge on any atom is 0.233 e. The number of aromatic nitrogens is 3. The van der Waals surface area contributed by atoms with E-state index in [2.05, 4.69) is 25.9 Å². The van der Waals surface area contributed by atoms with Gasteiger partial charge in [-0.05, 0) is 74.0 Å². The molecule has 2 aromatic rings. The summed E-state index contributed by atoms with van der Waals surface area (Å²) >= 11 is 1.27. The fraction of sp³-hybridized carbons (Fsp3) is 0.565. The van der Waals surface area contributed by atoms with Crippen molar-refractivity contribution in [3.8, 4) is 5.75 Å². The molecule has 1 aromatic heterocycles. The monoisotopic (exact) mass is 454 g/mol. The fourth-order valence-electron chi connectivity index (χ4n) is 6.53. The van der Waals surface area contributed by atoms with Crippen molar-refractivity contribution in [3.05, 3.63) is 29.8 Å². The summed E-state index contributed by atoms with van der Waals surface area (Å²) in [6, 6.07) is 8.03. The van der Waals surface area contributed by atoms with Crippen molar-refractivity contribution in [1.82, 2.24) is 19.9 Å². The Morgan fingerprint density at radius 2 is 1.72 bits per heavy atom. The van der Waals surface area contributed by atoms with Gasteiger partial charge in [-0.25, -0.2) is 0 Å². The molecule has 4 N–H and O–H groups in total. The molecule has 6 rings (SSSR count). The van der Waals surface area contributed by atoms with Crippen molar-refractivity contribution in [2.24, 2.45) is 17.8 Å². The molecule has 4 fully saturated rings. The standard InChI is InChI=1S/C23H30N6O2S/c1-31-18-4-2-3-14(8-18)12-29(19(30)13-32-22-27-20(24)26-21(25)28-22)23-9-15-5-16(10-23)7-17(6-15)11-23/h2-4,8,15-17H,5-7,9-13H2,1H3,(H4,24,25,26,27,28). The van der Waals surface area contributed by atoms with E-state index in [1.165, 1.54) is 31.0 Å². The van der Waals surface area contributed by atoms with Crippen LogP contribution in [0, 0.1) is 17.8 Å². The summed E-state index contributed by atoms with van der Waals surface area (Å²) in [4.78, 5) is 27.9. The lowest BCUT2D eigenvalue weighted by molar-refractivity contribution is -0.149. The number of nitrogen functional groups attached to an aromatic ring is 2. The molecule has 0 aliphatic heterocycles. The van der Waals surface area contributed by atoms with Crippen LogP contribution in [0.3, 0.4) is 0 Å². The van der Waals surface area contributed by atoms with Crippen LogP contribution in [0.4, 0.5) is 11.9 Å². The summed E-state index contributed by atoms with van der Waals surface area (Å²) in [6.07, 6.45) is 7.34. The SMILES string of the molecule is COc1cccc(CN(C(=O)CSc2nc(N)nc(N)n2)C23CC4CC(CC(C4)C2)C3)c1. The van der Waals surface area contributed by atoms with Gasteiger partial charge in [0.05, 0.1) is 12.9 Å². The van der Waals surface area contributed by atoms with E-state index in [1.54, 1.807) is 7.11 Å². The zero-order valence-corrected chi connectivity index (χ0v) is 19.2. The average Bonchev–Trinajstić information content (AvgIpc) is 2.74. The summed E-state index contributed by atoms with van der Waals surface area (Å²) in [6.45, 7) is 0.588. The number of rotatable bonds is 7. The third kappa shape index (κ3) is 4.22. The first-order valence-electron chi connectivity index (χ1n) is 11.3. The molecule has 32 heavy (non-hydrogen) atoms. The number of hydrogen-bond acceptors (Lipinski definition) is 8. The van der Waals surface area contributed by atoms with Gasteiger partial charge in [-0.15, -0.1) is 0 Å². The van der Waals surface area contributed by atoms with Gasteiger partial charge in [0.15, 0.2) is 5.16 Å². The van der Waals surface area contributed by atoms with Crippen LogP contribution in [-0.2, 0) is 11.3 Å². The molecule has 4 aliphatic carbocycles. The quantitative estimate of drug-likeness (QED) is 0.612. The van der Waals surface area contributed by atoms with Crippen LogP contribution in [0.25, 0.3) is 0 Å². The highest BCUT2D eigenvalue weighted by molar-refractivity contribution is 7.99. The lowest BCUT2D eigenvalue weighted by atomic mass is 9.52. The molecule has 0 saturated heterocycles. The van der Waals surface area contributed by atoms with Crippen LogP contribution >= 0.6 is 11.8 Å². The second-order valence-corrected chi connectivity index (χ2v) is 10.5. The minimum Gasteiger partial charge on any atom is -0.497 e. The van der Waals surface area contributed by atoms with Gasteiger partial charge in [0.1, 0.15) is 5.75 Å². The Labute approximate surface area is 192 Å². The Hall–Kier alpha value is -2.55. The van der Waals surface area contributed by atoms with Gasteiger partial charge >= 0.3 is 0 Å². The molecule has 1 amide bonds. The molecule has 4 saturated carbocycles. The number of carbonyl (C=O) groups is 1. The lowest BCUT2D eigenvalue weighted by Crippen LogP contribution is -2.61. The van der Waals surface area contributed by atoms with Crippen molar-refractivity contribution in [1.29, 1.82) is 0 Å². The molecular formula is C23H30N6O2S. The first-order chi connectivity index (χ1) is 15.4. The van der Waals surface area contributed by atoms with Crippen molar-refractivity contribution >= 4 is 29.6 Å². The molecule has 4 bridgehead atoms. The number of amides is 1. The predicted molar refractivity (Wildman–Crippen MR) is 124 cm³/mol. The van der Waals surface area contributed by atoms with Crippen molar-refractivity contribution in [3.63, 3.8) is 0 Å². The molecular weight excluding hydrogens is 424 g/mol. The number of hydrogen-bond donors (Lipinski definition) is 2. The highest BCUT2D eigenvalue weighted by Gasteiger charge is 2.54. The van der Waals surface area contributed by atoms with Gasteiger partial charge in [0.25, 0.3) is 0 Å². The maximum absolute atomic E-state index is 13.7. The summed E-state index contributed by atoms with van der Waals surface area (Å²) < 4.78 is 5.42. The highest BCUT2D eigenvalue weighted by atomic mass is 32.2. The number of ether oxygens (including phenoxy) is 1. The topological polar surface area (TPSA) is 120 Å². The zero-order chi connectivity index (χ0) is 22.3. The van der Waals surface area contributed by atoms with Gasteiger partial charge in [-0.3, -0.25) is 4.79 Å². The second-order valence-electron chi connectivity index (χ2n) is 9.60. The Bertz CT molecular complexity index is 960. The smallest absolute Gasteiger partial charge is 0.233 e. The number of anilines is 2. The number of methoxy groups -OCH3 is 1. The predicted octanol–water partition coefficient (Wildman–Crippen LogP) is 3.13. The second kappa shape index (κ2) is 8.42. The molecule has 0 spiro atoms. The number of benzene rings is 1. The third-order valence-corrected chi connectivity index (χ3v) is 8.16. The molecule has 170 valence electrons. The lowest BCUT2D eigenvalue weighted by Gasteiger charge is -2.60. The van der Waals surface area contributed by atoms with E-state index in [-0.39, 0.29) is 29.1 Å². The third-order valence-electron chi connectivity index (χ3n) is 7.33. The first kappa shape index (κ1) is 21.3. The molecule has 1 aromatic carbocycles. The number of carbonyl (C=O) groups excluding carboxylic acids is 1. The largest absolute Gasteiger partial charge is 0.497 e. The van der Waals surface area contributed by atoms with Gasteiger partial charge < -0.3 is 21.1 Å². The van der Waals surface area contributed by atoms with Crippen LogP contribution < -0.4 is 16.2 Å². The summed E-state index contributed by atoms with van der Waals surface area (Å²) in [5.74, 6) is 3.55. The number of thioether (sulfide) groups is 1.